The van der Waals surface area contributed by atoms with E-state index in [1.54, 1.807) is 0 Å². The fourth-order valence-electron chi connectivity index (χ4n) is 1.91. The third-order valence-corrected chi connectivity index (χ3v) is 3.09. The highest BCUT2D eigenvalue weighted by Crippen LogP contribution is 2.27. The molecule has 0 aliphatic rings. The van der Waals surface area contributed by atoms with Crippen LogP contribution in [-0.2, 0) is 6.18 Å². The van der Waals surface area contributed by atoms with Crippen molar-refractivity contribution in [2.24, 2.45) is 5.92 Å². The third-order valence-electron chi connectivity index (χ3n) is 3.09. The summed E-state index contributed by atoms with van der Waals surface area (Å²) in [4.78, 5) is 0. The van der Waals surface area contributed by atoms with Crippen LogP contribution in [0.1, 0.15) is 39.3 Å². The van der Waals surface area contributed by atoms with E-state index in [0.717, 1.165) is 18.9 Å². The van der Waals surface area contributed by atoms with Crippen molar-refractivity contribution in [3.05, 3.63) is 17.8 Å². The number of nitrogens with one attached hydrogen (secondary N) is 1. The lowest BCUT2D eigenvalue weighted by molar-refractivity contribution is -0.141. The molecule has 0 saturated heterocycles. The smallest absolute Gasteiger partial charge is 0.366 e. The third kappa shape index (κ3) is 3.85. The summed E-state index contributed by atoms with van der Waals surface area (Å²) in [6.07, 6.45) is -2.41. The fraction of sp³-hybridized carbons (Fsp3) is 0.667. The fourth-order valence-corrected chi connectivity index (χ4v) is 1.91. The Morgan fingerprint density at radius 3 is 2.17 bits per heavy atom. The molecule has 102 valence electrons. The van der Waals surface area contributed by atoms with Crippen LogP contribution in [0, 0.1) is 5.92 Å². The van der Waals surface area contributed by atoms with Gasteiger partial charge in [0.25, 0.3) is 0 Å². The predicted octanol–water partition coefficient (Wildman–Crippen LogP) is 3.73. The summed E-state index contributed by atoms with van der Waals surface area (Å²) in [7, 11) is 0. The Morgan fingerprint density at radius 2 is 1.78 bits per heavy atom. The number of halogens is 3. The first kappa shape index (κ1) is 14.7. The summed E-state index contributed by atoms with van der Waals surface area (Å²) in [6, 6.07) is 2.41. The summed E-state index contributed by atoms with van der Waals surface area (Å²) < 4.78 is 36.9. The van der Waals surface area contributed by atoms with Crippen molar-refractivity contribution >= 4 is 5.82 Å². The highest BCUT2D eigenvalue weighted by molar-refractivity contribution is 5.34. The molecule has 0 radical (unpaired) electrons. The lowest BCUT2D eigenvalue weighted by Crippen LogP contribution is -2.25. The van der Waals surface area contributed by atoms with Gasteiger partial charge in [-0.05, 0) is 25.0 Å². The number of anilines is 1. The first-order valence-corrected chi connectivity index (χ1v) is 6.05. The van der Waals surface area contributed by atoms with Crippen molar-refractivity contribution in [1.82, 2.24) is 10.2 Å². The Labute approximate surface area is 105 Å². The van der Waals surface area contributed by atoms with Crippen LogP contribution in [0.3, 0.4) is 0 Å². The average Bonchev–Trinajstić information content (AvgIpc) is 2.30. The molecule has 0 aliphatic carbocycles. The van der Waals surface area contributed by atoms with Crippen LogP contribution in [0.2, 0.25) is 0 Å². The minimum absolute atomic E-state index is 0.158. The number of hydrogen-bond donors (Lipinski definition) is 1. The van der Waals surface area contributed by atoms with E-state index >= 15 is 0 Å². The number of alkyl halides is 3. The molecule has 1 heterocycles. The van der Waals surface area contributed by atoms with Gasteiger partial charge in [0, 0.05) is 6.04 Å². The maximum atomic E-state index is 12.3. The summed E-state index contributed by atoms with van der Waals surface area (Å²) in [5.74, 6) is 0.844. The van der Waals surface area contributed by atoms with Crippen molar-refractivity contribution in [3.63, 3.8) is 0 Å². The summed E-state index contributed by atoms with van der Waals surface area (Å²) in [5, 5.41) is 9.81. The van der Waals surface area contributed by atoms with Gasteiger partial charge in [-0.3, -0.25) is 0 Å². The molecule has 1 aromatic heterocycles. The van der Waals surface area contributed by atoms with E-state index in [1.165, 1.54) is 6.07 Å². The molecule has 0 amide bonds. The van der Waals surface area contributed by atoms with E-state index in [-0.39, 0.29) is 6.04 Å². The van der Waals surface area contributed by atoms with Gasteiger partial charge >= 0.3 is 6.18 Å². The van der Waals surface area contributed by atoms with Gasteiger partial charge in [0.1, 0.15) is 5.82 Å². The Balaban J connectivity index is 2.69. The van der Waals surface area contributed by atoms with Crippen LogP contribution in [0.25, 0.3) is 0 Å². The Bertz CT molecular complexity index is 358. The molecular formula is C12H18F3N3. The van der Waals surface area contributed by atoms with Crippen molar-refractivity contribution < 1.29 is 13.2 Å². The molecule has 1 N–H and O–H groups in total. The summed E-state index contributed by atoms with van der Waals surface area (Å²) in [6.45, 7) is 6.17. The van der Waals surface area contributed by atoms with Crippen molar-refractivity contribution in [3.8, 4) is 0 Å². The molecule has 6 heteroatoms. The molecular weight excluding hydrogens is 243 g/mol. The topological polar surface area (TPSA) is 37.8 Å². The minimum atomic E-state index is -4.44. The standard InChI is InChI=1S/C12H18F3N3/c1-4-9(5-2)8(3)16-11-7-6-10(17-18-11)12(13,14)15/h6-9H,4-5H2,1-3H3,(H,16,18). The zero-order chi connectivity index (χ0) is 13.8. The van der Waals surface area contributed by atoms with Crippen molar-refractivity contribution in [2.75, 3.05) is 5.32 Å². The first-order valence-electron chi connectivity index (χ1n) is 6.05. The average molecular weight is 261 g/mol. The van der Waals surface area contributed by atoms with Gasteiger partial charge in [-0.15, -0.1) is 10.2 Å². The van der Waals surface area contributed by atoms with E-state index < -0.39 is 11.9 Å². The van der Waals surface area contributed by atoms with Gasteiger partial charge < -0.3 is 5.32 Å². The lowest BCUT2D eigenvalue weighted by atomic mass is 9.95. The van der Waals surface area contributed by atoms with Gasteiger partial charge in [0.15, 0.2) is 5.69 Å². The first-order chi connectivity index (χ1) is 8.38. The van der Waals surface area contributed by atoms with Gasteiger partial charge in [-0.2, -0.15) is 13.2 Å². The molecule has 0 aliphatic heterocycles. The number of aromatic nitrogens is 2. The Kier molecular flexibility index (Phi) is 4.93. The van der Waals surface area contributed by atoms with Gasteiger partial charge in [-0.1, -0.05) is 26.7 Å². The van der Waals surface area contributed by atoms with Crippen LogP contribution in [-0.4, -0.2) is 16.2 Å². The predicted molar refractivity (Wildman–Crippen MR) is 64.2 cm³/mol. The monoisotopic (exact) mass is 261 g/mol. The van der Waals surface area contributed by atoms with E-state index in [0.29, 0.717) is 11.7 Å². The zero-order valence-corrected chi connectivity index (χ0v) is 10.8. The second-order valence-corrected chi connectivity index (χ2v) is 4.31. The van der Waals surface area contributed by atoms with Crippen LogP contribution in [0.15, 0.2) is 12.1 Å². The number of rotatable bonds is 5. The second-order valence-electron chi connectivity index (χ2n) is 4.31. The van der Waals surface area contributed by atoms with Crippen molar-refractivity contribution in [2.45, 2.75) is 45.8 Å². The summed E-state index contributed by atoms with van der Waals surface area (Å²) >= 11 is 0. The highest BCUT2D eigenvalue weighted by atomic mass is 19.4. The molecule has 1 atom stereocenters. The zero-order valence-electron chi connectivity index (χ0n) is 10.8. The highest BCUT2D eigenvalue weighted by Gasteiger charge is 2.32. The van der Waals surface area contributed by atoms with Crippen LogP contribution >= 0.6 is 0 Å². The molecule has 0 bridgehead atoms. The maximum Gasteiger partial charge on any atom is 0.435 e. The molecule has 0 aromatic carbocycles. The van der Waals surface area contributed by atoms with Crippen LogP contribution < -0.4 is 5.32 Å². The van der Waals surface area contributed by atoms with E-state index in [4.69, 9.17) is 0 Å². The molecule has 3 nitrogen and oxygen atoms in total. The molecule has 0 fully saturated rings. The molecule has 1 rings (SSSR count). The Hall–Kier alpha value is -1.33. The maximum absolute atomic E-state index is 12.3. The summed E-state index contributed by atoms with van der Waals surface area (Å²) in [5.41, 5.74) is -0.969. The lowest BCUT2D eigenvalue weighted by Gasteiger charge is -2.22. The van der Waals surface area contributed by atoms with E-state index in [1.807, 2.05) is 6.92 Å². The molecule has 1 aromatic rings. The van der Waals surface area contributed by atoms with Gasteiger partial charge in [0.05, 0.1) is 0 Å². The molecule has 0 spiro atoms. The molecule has 18 heavy (non-hydrogen) atoms. The minimum Gasteiger partial charge on any atom is -0.366 e. The Morgan fingerprint density at radius 1 is 1.17 bits per heavy atom. The number of nitrogens with zero attached hydrogens (tertiary/aromatic N) is 2. The normalized spacial score (nSPS) is 13.7. The molecule has 0 saturated carbocycles. The number of hydrogen-bond acceptors (Lipinski definition) is 3. The van der Waals surface area contributed by atoms with E-state index in [2.05, 4.69) is 29.4 Å². The quantitative estimate of drug-likeness (QED) is 0.877. The van der Waals surface area contributed by atoms with Gasteiger partial charge in [0.2, 0.25) is 0 Å². The van der Waals surface area contributed by atoms with Gasteiger partial charge in [-0.25, -0.2) is 0 Å². The van der Waals surface area contributed by atoms with Crippen LogP contribution in [0.4, 0.5) is 19.0 Å². The van der Waals surface area contributed by atoms with Crippen molar-refractivity contribution in [1.29, 1.82) is 0 Å². The largest absolute Gasteiger partial charge is 0.435 e. The molecule has 1 unspecified atom stereocenters. The van der Waals surface area contributed by atoms with E-state index in [9.17, 15) is 13.2 Å². The second kappa shape index (κ2) is 6.02. The van der Waals surface area contributed by atoms with Crippen LogP contribution in [0.5, 0.6) is 0 Å². The SMILES string of the molecule is CCC(CC)C(C)Nc1ccc(C(F)(F)F)nn1.